The van der Waals surface area contributed by atoms with Crippen molar-refractivity contribution in [1.82, 2.24) is 5.32 Å². The van der Waals surface area contributed by atoms with E-state index in [-0.39, 0.29) is 12.0 Å². The molecule has 3 aromatic rings. The Bertz CT molecular complexity index is 916. The van der Waals surface area contributed by atoms with Crippen LogP contribution in [-0.4, -0.2) is 23.0 Å². The first-order chi connectivity index (χ1) is 12.0. The lowest BCUT2D eigenvalue weighted by atomic mass is 9.98. The van der Waals surface area contributed by atoms with E-state index in [0.29, 0.717) is 0 Å². The maximum atomic E-state index is 13.0. The van der Waals surface area contributed by atoms with E-state index in [4.69, 9.17) is 0 Å². The Morgan fingerprint density at radius 2 is 1.64 bits per heavy atom. The number of aliphatic carboxylic acids is 1. The molecule has 2 N–H and O–H groups in total. The number of nitrogens with one attached hydrogen (secondary N) is 1. The molecule has 0 heterocycles. The van der Waals surface area contributed by atoms with Crippen molar-refractivity contribution >= 4 is 22.6 Å². The van der Waals surface area contributed by atoms with Crippen LogP contribution in [-0.2, 0) is 11.2 Å². The molecular formula is C20H16FNO3. The van der Waals surface area contributed by atoms with Gasteiger partial charge in [-0.2, -0.15) is 0 Å². The molecule has 0 radical (unpaired) electrons. The summed E-state index contributed by atoms with van der Waals surface area (Å²) in [4.78, 5) is 23.8. The van der Waals surface area contributed by atoms with Gasteiger partial charge in [0.15, 0.2) is 0 Å². The highest BCUT2D eigenvalue weighted by atomic mass is 19.1. The topological polar surface area (TPSA) is 66.4 Å². The van der Waals surface area contributed by atoms with Crippen LogP contribution in [0.3, 0.4) is 0 Å². The normalized spacial score (nSPS) is 11.9. The van der Waals surface area contributed by atoms with Crippen LogP contribution in [0.5, 0.6) is 0 Å². The van der Waals surface area contributed by atoms with Gasteiger partial charge in [0.05, 0.1) is 0 Å². The Kier molecular flexibility index (Phi) is 4.75. The number of hydrogen-bond donors (Lipinski definition) is 2. The Hall–Kier alpha value is -3.21. The third-order valence-electron chi connectivity index (χ3n) is 4.01. The van der Waals surface area contributed by atoms with Crippen LogP contribution in [0, 0.1) is 5.82 Å². The number of hydrogen-bond acceptors (Lipinski definition) is 2. The molecule has 0 aliphatic rings. The molecule has 0 aliphatic heterocycles. The maximum Gasteiger partial charge on any atom is 0.326 e. The van der Waals surface area contributed by atoms with Crippen LogP contribution in [0.2, 0.25) is 0 Å². The van der Waals surface area contributed by atoms with Crippen molar-refractivity contribution in [2.45, 2.75) is 12.5 Å². The van der Waals surface area contributed by atoms with Gasteiger partial charge in [0.2, 0.25) is 0 Å². The van der Waals surface area contributed by atoms with Gasteiger partial charge in [-0.25, -0.2) is 9.18 Å². The summed E-state index contributed by atoms with van der Waals surface area (Å²) in [5, 5.41) is 13.9. The van der Waals surface area contributed by atoms with Crippen LogP contribution in [0.4, 0.5) is 4.39 Å². The standard InChI is InChI=1S/C20H16FNO3/c21-16-10-8-14(9-11-16)19(23)22-18(20(24)25)12-15-6-3-5-13-4-1-2-7-17(13)15/h1-11,18H,12H2,(H,22,23)(H,24,25)/t18-/m1/s1. The van der Waals surface area contributed by atoms with E-state index >= 15 is 0 Å². The zero-order valence-corrected chi connectivity index (χ0v) is 13.3. The number of rotatable bonds is 5. The van der Waals surface area contributed by atoms with E-state index in [1.165, 1.54) is 12.1 Å². The van der Waals surface area contributed by atoms with Crippen molar-refractivity contribution in [1.29, 1.82) is 0 Å². The summed E-state index contributed by atoms with van der Waals surface area (Å²) in [7, 11) is 0. The molecule has 4 nitrogen and oxygen atoms in total. The molecule has 0 fully saturated rings. The maximum absolute atomic E-state index is 13.0. The van der Waals surface area contributed by atoms with E-state index < -0.39 is 23.7 Å². The summed E-state index contributed by atoms with van der Waals surface area (Å²) in [6.07, 6.45) is 0.156. The molecule has 3 aromatic carbocycles. The van der Waals surface area contributed by atoms with Gasteiger partial charge in [0.25, 0.3) is 5.91 Å². The molecule has 0 saturated heterocycles. The predicted octanol–water partition coefficient (Wildman–Crippen LogP) is 3.40. The summed E-state index contributed by atoms with van der Waals surface area (Å²) < 4.78 is 13.0. The molecule has 0 saturated carbocycles. The summed E-state index contributed by atoms with van der Waals surface area (Å²) >= 11 is 0. The Labute approximate surface area is 143 Å². The van der Waals surface area contributed by atoms with Crippen LogP contribution < -0.4 is 5.32 Å². The highest BCUT2D eigenvalue weighted by Crippen LogP contribution is 2.20. The summed E-state index contributed by atoms with van der Waals surface area (Å²) in [6, 6.07) is 17.2. The first kappa shape index (κ1) is 16.6. The van der Waals surface area contributed by atoms with Crippen LogP contribution in [0.25, 0.3) is 10.8 Å². The van der Waals surface area contributed by atoms with Crippen molar-refractivity contribution in [3.8, 4) is 0 Å². The number of amides is 1. The second kappa shape index (κ2) is 7.13. The minimum absolute atomic E-state index is 0.156. The number of benzene rings is 3. The van der Waals surface area contributed by atoms with Crippen molar-refractivity contribution < 1.29 is 19.1 Å². The zero-order valence-electron chi connectivity index (χ0n) is 13.3. The van der Waals surface area contributed by atoms with Gasteiger partial charge in [-0.05, 0) is 40.6 Å². The molecule has 0 spiro atoms. The Morgan fingerprint density at radius 3 is 2.36 bits per heavy atom. The van der Waals surface area contributed by atoms with E-state index in [2.05, 4.69) is 5.32 Å². The van der Waals surface area contributed by atoms with Gasteiger partial charge in [-0.3, -0.25) is 4.79 Å². The summed E-state index contributed by atoms with van der Waals surface area (Å²) in [5.41, 5.74) is 1.05. The Morgan fingerprint density at radius 1 is 0.960 bits per heavy atom. The number of carbonyl (C=O) groups is 2. The van der Waals surface area contributed by atoms with Gasteiger partial charge in [-0.15, -0.1) is 0 Å². The third kappa shape index (κ3) is 3.83. The van der Waals surface area contributed by atoms with Crippen molar-refractivity contribution in [3.05, 3.63) is 83.7 Å². The fourth-order valence-electron chi connectivity index (χ4n) is 2.73. The highest BCUT2D eigenvalue weighted by molar-refractivity contribution is 5.96. The van der Waals surface area contributed by atoms with Gasteiger partial charge in [0.1, 0.15) is 11.9 Å². The van der Waals surface area contributed by atoms with Crippen molar-refractivity contribution in [3.63, 3.8) is 0 Å². The zero-order chi connectivity index (χ0) is 17.8. The largest absolute Gasteiger partial charge is 0.480 e. The number of halogens is 1. The van der Waals surface area contributed by atoms with E-state index in [1.807, 2.05) is 42.5 Å². The third-order valence-corrected chi connectivity index (χ3v) is 4.01. The second-order valence-corrected chi connectivity index (χ2v) is 5.71. The van der Waals surface area contributed by atoms with Crippen LogP contribution in [0.1, 0.15) is 15.9 Å². The lowest BCUT2D eigenvalue weighted by molar-refractivity contribution is -0.139. The molecule has 1 amide bonds. The number of carbonyl (C=O) groups excluding carboxylic acids is 1. The molecule has 1 atom stereocenters. The van der Waals surface area contributed by atoms with E-state index in [1.54, 1.807) is 0 Å². The molecule has 0 aromatic heterocycles. The van der Waals surface area contributed by atoms with E-state index in [0.717, 1.165) is 28.5 Å². The second-order valence-electron chi connectivity index (χ2n) is 5.71. The monoisotopic (exact) mass is 337 g/mol. The van der Waals surface area contributed by atoms with Crippen LogP contribution >= 0.6 is 0 Å². The lowest BCUT2D eigenvalue weighted by Gasteiger charge is -2.16. The van der Waals surface area contributed by atoms with Gasteiger partial charge in [0, 0.05) is 12.0 Å². The van der Waals surface area contributed by atoms with Gasteiger partial charge < -0.3 is 10.4 Å². The molecule has 0 unspecified atom stereocenters. The highest BCUT2D eigenvalue weighted by Gasteiger charge is 2.22. The van der Waals surface area contributed by atoms with Gasteiger partial charge in [-0.1, -0.05) is 42.5 Å². The fourth-order valence-corrected chi connectivity index (χ4v) is 2.73. The molecule has 126 valence electrons. The average Bonchev–Trinajstić information content (AvgIpc) is 2.61. The summed E-state index contributed by atoms with van der Waals surface area (Å²) in [6.45, 7) is 0. The SMILES string of the molecule is O=C(N[C@H](Cc1cccc2ccccc12)C(=O)O)c1ccc(F)cc1. The molecular weight excluding hydrogens is 321 g/mol. The number of fused-ring (bicyclic) bond motifs is 1. The quantitative estimate of drug-likeness (QED) is 0.750. The number of carboxylic acid groups (broad SMARTS) is 1. The first-order valence-electron chi connectivity index (χ1n) is 7.80. The van der Waals surface area contributed by atoms with Crippen molar-refractivity contribution in [2.75, 3.05) is 0 Å². The minimum Gasteiger partial charge on any atom is -0.480 e. The average molecular weight is 337 g/mol. The van der Waals surface area contributed by atoms with E-state index in [9.17, 15) is 19.1 Å². The lowest BCUT2D eigenvalue weighted by Crippen LogP contribution is -2.42. The van der Waals surface area contributed by atoms with Gasteiger partial charge >= 0.3 is 5.97 Å². The van der Waals surface area contributed by atoms with Crippen LogP contribution in [0.15, 0.2) is 66.7 Å². The minimum atomic E-state index is -1.12. The fraction of sp³-hybridized carbons (Fsp3) is 0.100. The number of carboxylic acids is 1. The molecule has 0 bridgehead atoms. The van der Waals surface area contributed by atoms with Crippen molar-refractivity contribution in [2.24, 2.45) is 0 Å². The molecule has 25 heavy (non-hydrogen) atoms. The molecule has 0 aliphatic carbocycles. The molecule has 3 rings (SSSR count). The molecule has 5 heteroatoms. The smallest absolute Gasteiger partial charge is 0.326 e. The first-order valence-corrected chi connectivity index (χ1v) is 7.80. The summed E-state index contributed by atoms with van der Waals surface area (Å²) in [5.74, 6) is -2.13. The Balaban J connectivity index is 1.83. The predicted molar refractivity (Wildman–Crippen MR) is 92.9 cm³/mol.